The van der Waals surface area contributed by atoms with Gasteiger partial charge in [-0.15, -0.1) is 11.6 Å². The summed E-state index contributed by atoms with van der Waals surface area (Å²) in [6.45, 7) is 1.51. The van der Waals surface area contributed by atoms with E-state index in [4.69, 9.17) is 17.3 Å². The normalized spacial score (nSPS) is 12.6. The summed E-state index contributed by atoms with van der Waals surface area (Å²) in [5.74, 6) is 0.0224. The van der Waals surface area contributed by atoms with Crippen molar-refractivity contribution in [3.8, 4) is 0 Å². The molecule has 0 aliphatic rings. The molecule has 1 atom stereocenters. The summed E-state index contributed by atoms with van der Waals surface area (Å²) >= 11 is 5.65. The molecule has 1 rings (SSSR count). The van der Waals surface area contributed by atoms with Crippen LogP contribution in [0.4, 0.5) is 0 Å². The maximum Gasteiger partial charge on any atom is 0.159 e. The SMILES string of the molecule is CC(=O)c1cccc(C(N)Cl)c1. The lowest BCUT2D eigenvalue weighted by atomic mass is 10.1. The van der Waals surface area contributed by atoms with Crippen molar-refractivity contribution in [3.05, 3.63) is 35.4 Å². The molecule has 12 heavy (non-hydrogen) atoms. The van der Waals surface area contributed by atoms with E-state index in [0.717, 1.165) is 5.56 Å². The van der Waals surface area contributed by atoms with E-state index in [-0.39, 0.29) is 5.78 Å². The molecule has 0 amide bonds. The third kappa shape index (κ3) is 2.06. The van der Waals surface area contributed by atoms with E-state index >= 15 is 0 Å². The Bertz CT molecular complexity index is 296. The average molecular weight is 184 g/mol. The number of ketones is 1. The molecule has 0 radical (unpaired) electrons. The van der Waals surface area contributed by atoms with Crippen molar-refractivity contribution in [2.75, 3.05) is 0 Å². The standard InChI is InChI=1S/C9H10ClNO/c1-6(12)7-3-2-4-8(5-7)9(10)11/h2-5,9H,11H2,1H3. The molecule has 0 bridgehead atoms. The second kappa shape index (κ2) is 3.70. The van der Waals surface area contributed by atoms with Gasteiger partial charge in [-0.1, -0.05) is 18.2 Å². The lowest BCUT2D eigenvalue weighted by Crippen LogP contribution is -2.03. The van der Waals surface area contributed by atoms with Gasteiger partial charge in [0.05, 0.1) is 0 Å². The van der Waals surface area contributed by atoms with E-state index in [2.05, 4.69) is 0 Å². The minimum absolute atomic E-state index is 0.0224. The number of hydrogen-bond donors (Lipinski definition) is 1. The van der Waals surface area contributed by atoms with Gasteiger partial charge in [-0.25, -0.2) is 0 Å². The molecule has 2 N–H and O–H groups in total. The highest BCUT2D eigenvalue weighted by Gasteiger charge is 2.03. The molecule has 2 nitrogen and oxygen atoms in total. The molecule has 0 saturated heterocycles. The largest absolute Gasteiger partial charge is 0.312 e. The predicted octanol–water partition coefficient (Wildman–Crippen LogP) is 2.09. The van der Waals surface area contributed by atoms with Crippen LogP contribution in [-0.4, -0.2) is 5.78 Å². The van der Waals surface area contributed by atoms with Crippen LogP contribution in [0.5, 0.6) is 0 Å². The van der Waals surface area contributed by atoms with Crippen molar-refractivity contribution in [2.24, 2.45) is 5.73 Å². The third-order valence-corrected chi connectivity index (χ3v) is 1.86. The van der Waals surface area contributed by atoms with Crippen LogP contribution in [-0.2, 0) is 0 Å². The van der Waals surface area contributed by atoms with Gasteiger partial charge in [0, 0.05) is 5.56 Å². The Morgan fingerprint density at radius 2 is 2.25 bits per heavy atom. The Morgan fingerprint density at radius 3 is 2.75 bits per heavy atom. The molecule has 0 aliphatic heterocycles. The van der Waals surface area contributed by atoms with Crippen LogP contribution in [0.3, 0.4) is 0 Å². The minimum atomic E-state index is -0.538. The number of rotatable bonds is 2. The Kier molecular flexibility index (Phi) is 2.84. The monoisotopic (exact) mass is 183 g/mol. The van der Waals surface area contributed by atoms with Gasteiger partial charge >= 0.3 is 0 Å². The molecule has 3 heteroatoms. The second-order valence-corrected chi connectivity index (χ2v) is 3.05. The molecule has 1 aromatic carbocycles. The third-order valence-electron chi connectivity index (χ3n) is 1.61. The van der Waals surface area contributed by atoms with Gasteiger partial charge in [0.15, 0.2) is 5.78 Å². The van der Waals surface area contributed by atoms with Gasteiger partial charge in [0.1, 0.15) is 5.50 Å². The number of Topliss-reactive ketones (excluding diaryl/α,β-unsaturated/α-hetero) is 1. The van der Waals surface area contributed by atoms with Gasteiger partial charge < -0.3 is 5.73 Å². The van der Waals surface area contributed by atoms with Crippen LogP contribution in [0.1, 0.15) is 28.3 Å². The number of carbonyl (C=O) groups is 1. The lowest BCUT2D eigenvalue weighted by Gasteiger charge is -2.03. The molecule has 0 spiro atoms. The lowest BCUT2D eigenvalue weighted by molar-refractivity contribution is 0.101. The van der Waals surface area contributed by atoms with E-state index in [1.807, 2.05) is 0 Å². The van der Waals surface area contributed by atoms with E-state index < -0.39 is 5.50 Å². The van der Waals surface area contributed by atoms with Crippen molar-refractivity contribution in [1.82, 2.24) is 0 Å². The molecular formula is C9H10ClNO. The molecule has 1 aromatic rings. The highest BCUT2D eigenvalue weighted by Crippen LogP contribution is 2.15. The highest BCUT2D eigenvalue weighted by atomic mass is 35.5. The van der Waals surface area contributed by atoms with Gasteiger partial charge in [-0.05, 0) is 18.6 Å². The van der Waals surface area contributed by atoms with Crippen molar-refractivity contribution < 1.29 is 4.79 Å². The van der Waals surface area contributed by atoms with E-state index in [1.54, 1.807) is 24.3 Å². The van der Waals surface area contributed by atoms with Crippen LogP contribution in [0.2, 0.25) is 0 Å². The van der Waals surface area contributed by atoms with Gasteiger partial charge in [-0.2, -0.15) is 0 Å². The second-order valence-electron chi connectivity index (χ2n) is 2.58. The van der Waals surface area contributed by atoms with Crippen LogP contribution in [0.15, 0.2) is 24.3 Å². The Hall–Kier alpha value is -0.860. The summed E-state index contributed by atoms with van der Waals surface area (Å²) in [6.07, 6.45) is 0. The number of benzene rings is 1. The highest BCUT2D eigenvalue weighted by molar-refractivity contribution is 6.20. The summed E-state index contributed by atoms with van der Waals surface area (Å²) < 4.78 is 0. The number of carbonyl (C=O) groups excluding carboxylic acids is 1. The molecule has 0 aromatic heterocycles. The zero-order valence-electron chi connectivity index (χ0n) is 6.75. The molecule has 0 aliphatic carbocycles. The fourth-order valence-electron chi connectivity index (χ4n) is 0.929. The first-order valence-electron chi connectivity index (χ1n) is 3.62. The summed E-state index contributed by atoms with van der Waals surface area (Å²) in [7, 11) is 0. The summed E-state index contributed by atoms with van der Waals surface area (Å²) in [6, 6.07) is 7.02. The van der Waals surface area contributed by atoms with Gasteiger partial charge in [-0.3, -0.25) is 4.79 Å². The Labute approximate surface area is 76.3 Å². The van der Waals surface area contributed by atoms with Crippen molar-refractivity contribution >= 4 is 17.4 Å². The zero-order valence-corrected chi connectivity index (χ0v) is 7.51. The van der Waals surface area contributed by atoms with Gasteiger partial charge in [0.25, 0.3) is 0 Å². The fourth-order valence-corrected chi connectivity index (χ4v) is 1.06. The minimum Gasteiger partial charge on any atom is -0.312 e. The maximum absolute atomic E-state index is 10.9. The van der Waals surface area contributed by atoms with Crippen LogP contribution >= 0.6 is 11.6 Å². The molecule has 0 saturated carbocycles. The maximum atomic E-state index is 10.9. The van der Waals surface area contributed by atoms with E-state index in [1.165, 1.54) is 6.92 Å². The van der Waals surface area contributed by atoms with Crippen molar-refractivity contribution in [1.29, 1.82) is 0 Å². The zero-order chi connectivity index (χ0) is 9.14. The smallest absolute Gasteiger partial charge is 0.159 e. The molecular weight excluding hydrogens is 174 g/mol. The predicted molar refractivity (Wildman–Crippen MR) is 49.2 cm³/mol. The van der Waals surface area contributed by atoms with Crippen LogP contribution < -0.4 is 5.73 Å². The van der Waals surface area contributed by atoms with Crippen molar-refractivity contribution in [3.63, 3.8) is 0 Å². The Morgan fingerprint density at radius 1 is 1.58 bits per heavy atom. The topological polar surface area (TPSA) is 43.1 Å². The Balaban J connectivity index is 3.04. The number of alkyl halides is 1. The quantitative estimate of drug-likeness (QED) is 0.434. The first kappa shape index (κ1) is 9.23. The van der Waals surface area contributed by atoms with Crippen LogP contribution in [0, 0.1) is 0 Å². The van der Waals surface area contributed by atoms with E-state index in [0.29, 0.717) is 5.56 Å². The summed E-state index contributed by atoms with van der Waals surface area (Å²) in [5, 5.41) is 0. The van der Waals surface area contributed by atoms with Crippen molar-refractivity contribution in [2.45, 2.75) is 12.4 Å². The number of nitrogens with two attached hydrogens (primary N) is 1. The average Bonchev–Trinajstić information content (AvgIpc) is 2.04. The first-order valence-corrected chi connectivity index (χ1v) is 4.05. The number of halogens is 1. The first-order chi connectivity index (χ1) is 5.61. The van der Waals surface area contributed by atoms with Crippen LogP contribution in [0.25, 0.3) is 0 Å². The molecule has 0 fully saturated rings. The molecule has 0 heterocycles. The molecule has 64 valence electrons. The van der Waals surface area contributed by atoms with E-state index in [9.17, 15) is 4.79 Å². The molecule has 1 unspecified atom stereocenters. The fraction of sp³-hybridized carbons (Fsp3) is 0.222. The summed E-state index contributed by atoms with van der Waals surface area (Å²) in [5.41, 5.74) is 6.31. The van der Waals surface area contributed by atoms with Gasteiger partial charge in [0.2, 0.25) is 0 Å². The summed E-state index contributed by atoms with van der Waals surface area (Å²) in [4.78, 5) is 10.9. The number of hydrogen-bond acceptors (Lipinski definition) is 2.